The fourth-order valence-electron chi connectivity index (χ4n) is 2.41. The van der Waals surface area contributed by atoms with E-state index in [4.69, 9.17) is 4.52 Å². The molecule has 4 rings (SSSR count). The molecule has 118 valence electrons. The van der Waals surface area contributed by atoms with Crippen molar-refractivity contribution in [1.82, 2.24) is 19.7 Å². The van der Waals surface area contributed by atoms with Crippen LogP contribution >= 0.6 is 0 Å². The monoisotopic (exact) mass is 322 g/mol. The Morgan fingerprint density at radius 2 is 1.96 bits per heavy atom. The number of nitrogens with zero attached hydrogens (tertiary/aromatic N) is 4. The third-order valence-corrected chi connectivity index (χ3v) is 3.59. The van der Waals surface area contributed by atoms with Crippen molar-refractivity contribution in [2.24, 2.45) is 0 Å². The van der Waals surface area contributed by atoms with Crippen LogP contribution in [-0.4, -0.2) is 19.7 Å². The summed E-state index contributed by atoms with van der Waals surface area (Å²) >= 11 is 0. The maximum Gasteiger partial charge on any atom is 0.261 e. The van der Waals surface area contributed by atoms with E-state index in [0.29, 0.717) is 22.6 Å². The molecule has 0 N–H and O–H groups in total. The maximum absolute atomic E-state index is 13.2. The number of rotatable bonds is 3. The predicted octanol–water partition coefficient (Wildman–Crippen LogP) is 2.63. The van der Waals surface area contributed by atoms with E-state index in [1.165, 1.54) is 29.1 Å². The largest absolute Gasteiger partial charge is 0.337 e. The summed E-state index contributed by atoms with van der Waals surface area (Å²) in [5.41, 5.74) is 0.846. The number of aromatic nitrogens is 4. The lowest BCUT2D eigenvalue weighted by Crippen LogP contribution is -2.21. The van der Waals surface area contributed by atoms with Crippen molar-refractivity contribution in [3.8, 4) is 11.4 Å². The van der Waals surface area contributed by atoms with Gasteiger partial charge < -0.3 is 4.52 Å². The molecular weight excluding hydrogens is 311 g/mol. The molecular formula is C17H11FN4O2. The van der Waals surface area contributed by atoms with Crippen molar-refractivity contribution in [2.75, 3.05) is 0 Å². The van der Waals surface area contributed by atoms with Gasteiger partial charge in [0.15, 0.2) is 0 Å². The molecule has 0 aliphatic heterocycles. The van der Waals surface area contributed by atoms with Crippen molar-refractivity contribution in [3.05, 3.63) is 76.9 Å². The maximum atomic E-state index is 13.2. The van der Waals surface area contributed by atoms with Gasteiger partial charge in [-0.1, -0.05) is 35.5 Å². The lowest BCUT2D eigenvalue weighted by molar-refractivity contribution is 0.369. The Labute approximate surface area is 135 Å². The second-order valence-electron chi connectivity index (χ2n) is 5.22. The van der Waals surface area contributed by atoms with Crippen LogP contribution in [0.3, 0.4) is 0 Å². The van der Waals surface area contributed by atoms with Crippen molar-refractivity contribution in [1.29, 1.82) is 0 Å². The Bertz CT molecular complexity index is 1070. The van der Waals surface area contributed by atoms with Crippen LogP contribution in [0, 0.1) is 5.82 Å². The SMILES string of the molecule is O=c1c2ccc(F)cc2ncn1Cc1nc(-c2ccccc2)no1. The van der Waals surface area contributed by atoms with Gasteiger partial charge in [0.05, 0.1) is 17.2 Å². The summed E-state index contributed by atoms with van der Waals surface area (Å²) in [7, 11) is 0. The summed E-state index contributed by atoms with van der Waals surface area (Å²) in [4.78, 5) is 20.8. The molecule has 0 amide bonds. The Morgan fingerprint density at radius 1 is 1.12 bits per heavy atom. The van der Waals surface area contributed by atoms with E-state index in [9.17, 15) is 9.18 Å². The van der Waals surface area contributed by atoms with E-state index in [1.54, 1.807) is 0 Å². The highest BCUT2D eigenvalue weighted by Gasteiger charge is 2.11. The van der Waals surface area contributed by atoms with Crippen LogP contribution < -0.4 is 5.56 Å². The second kappa shape index (κ2) is 5.69. The third-order valence-electron chi connectivity index (χ3n) is 3.59. The summed E-state index contributed by atoms with van der Waals surface area (Å²) in [6, 6.07) is 13.3. The molecule has 0 saturated carbocycles. The number of hydrogen-bond donors (Lipinski definition) is 0. The van der Waals surface area contributed by atoms with Gasteiger partial charge in [0.2, 0.25) is 11.7 Å². The highest BCUT2D eigenvalue weighted by Crippen LogP contribution is 2.15. The quantitative estimate of drug-likeness (QED) is 0.580. The fraction of sp³-hybridized carbons (Fsp3) is 0.0588. The van der Waals surface area contributed by atoms with Crippen LogP contribution in [0.1, 0.15) is 5.89 Å². The average Bonchev–Trinajstić information content (AvgIpc) is 3.07. The first kappa shape index (κ1) is 14.3. The van der Waals surface area contributed by atoms with Crippen molar-refractivity contribution < 1.29 is 8.91 Å². The Kier molecular flexibility index (Phi) is 3.38. The van der Waals surface area contributed by atoms with Gasteiger partial charge in [-0.3, -0.25) is 9.36 Å². The minimum atomic E-state index is -0.434. The van der Waals surface area contributed by atoms with Crippen LogP contribution in [0.15, 0.2) is 64.2 Å². The van der Waals surface area contributed by atoms with Crippen LogP contribution in [0.25, 0.3) is 22.3 Å². The van der Waals surface area contributed by atoms with Gasteiger partial charge in [-0.15, -0.1) is 0 Å². The van der Waals surface area contributed by atoms with Gasteiger partial charge in [0.25, 0.3) is 5.56 Å². The first-order chi connectivity index (χ1) is 11.7. The molecule has 0 spiro atoms. The molecule has 0 aliphatic rings. The minimum Gasteiger partial charge on any atom is -0.337 e. The molecule has 4 aromatic rings. The van der Waals surface area contributed by atoms with E-state index in [-0.39, 0.29) is 12.1 Å². The topological polar surface area (TPSA) is 73.8 Å². The molecule has 7 heteroatoms. The van der Waals surface area contributed by atoms with Crippen molar-refractivity contribution in [2.45, 2.75) is 6.54 Å². The molecule has 0 atom stereocenters. The van der Waals surface area contributed by atoms with Gasteiger partial charge >= 0.3 is 0 Å². The molecule has 2 aromatic heterocycles. The highest BCUT2D eigenvalue weighted by molar-refractivity contribution is 5.77. The van der Waals surface area contributed by atoms with Gasteiger partial charge in [-0.05, 0) is 12.1 Å². The zero-order chi connectivity index (χ0) is 16.5. The van der Waals surface area contributed by atoms with E-state index in [2.05, 4.69) is 15.1 Å². The molecule has 0 aliphatic carbocycles. The smallest absolute Gasteiger partial charge is 0.261 e. The first-order valence-electron chi connectivity index (χ1n) is 7.23. The fourth-order valence-corrected chi connectivity index (χ4v) is 2.41. The average molecular weight is 322 g/mol. The van der Waals surface area contributed by atoms with Crippen LogP contribution in [0.2, 0.25) is 0 Å². The first-order valence-corrected chi connectivity index (χ1v) is 7.23. The molecule has 2 aromatic carbocycles. The summed E-state index contributed by atoms with van der Waals surface area (Å²) in [6.45, 7) is 0.0962. The number of halogens is 1. The molecule has 0 radical (unpaired) electrons. The number of fused-ring (bicyclic) bond motifs is 1. The van der Waals surface area contributed by atoms with E-state index in [1.807, 2.05) is 30.3 Å². The van der Waals surface area contributed by atoms with Crippen molar-refractivity contribution in [3.63, 3.8) is 0 Å². The van der Waals surface area contributed by atoms with Crippen molar-refractivity contribution >= 4 is 10.9 Å². The van der Waals surface area contributed by atoms with Crippen LogP contribution in [0.4, 0.5) is 4.39 Å². The van der Waals surface area contributed by atoms with E-state index in [0.717, 1.165) is 5.56 Å². The molecule has 24 heavy (non-hydrogen) atoms. The molecule has 0 fully saturated rings. The lowest BCUT2D eigenvalue weighted by atomic mass is 10.2. The normalized spacial score (nSPS) is 11.0. The predicted molar refractivity (Wildman–Crippen MR) is 84.8 cm³/mol. The van der Waals surface area contributed by atoms with Crippen LogP contribution in [-0.2, 0) is 6.54 Å². The molecule has 0 bridgehead atoms. The van der Waals surface area contributed by atoms with Gasteiger partial charge in [0, 0.05) is 11.6 Å². The third kappa shape index (κ3) is 2.56. The van der Waals surface area contributed by atoms with Crippen LogP contribution in [0.5, 0.6) is 0 Å². The summed E-state index contributed by atoms with van der Waals surface area (Å²) in [5.74, 6) is 0.310. The lowest BCUT2D eigenvalue weighted by Gasteiger charge is -2.03. The zero-order valence-electron chi connectivity index (χ0n) is 12.4. The Hall–Kier alpha value is -3.35. The van der Waals surface area contributed by atoms with Gasteiger partial charge in [0.1, 0.15) is 12.4 Å². The minimum absolute atomic E-state index is 0.0962. The molecule has 0 unspecified atom stereocenters. The summed E-state index contributed by atoms with van der Waals surface area (Å²) in [6.07, 6.45) is 1.34. The van der Waals surface area contributed by atoms with Gasteiger partial charge in [-0.25, -0.2) is 9.37 Å². The molecule has 2 heterocycles. The Morgan fingerprint density at radius 3 is 2.79 bits per heavy atom. The number of hydrogen-bond acceptors (Lipinski definition) is 5. The zero-order valence-corrected chi connectivity index (χ0v) is 12.4. The Balaban J connectivity index is 1.68. The van der Waals surface area contributed by atoms with E-state index >= 15 is 0 Å². The second-order valence-corrected chi connectivity index (χ2v) is 5.22. The highest BCUT2D eigenvalue weighted by atomic mass is 19.1. The number of benzene rings is 2. The van der Waals surface area contributed by atoms with E-state index < -0.39 is 5.82 Å². The summed E-state index contributed by atoms with van der Waals surface area (Å²) < 4.78 is 19.7. The molecule has 0 saturated heterocycles. The molecule has 6 nitrogen and oxygen atoms in total. The standard InChI is InChI=1S/C17H11FN4O2/c18-12-6-7-13-14(8-12)19-10-22(17(13)23)9-15-20-16(21-24-15)11-4-2-1-3-5-11/h1-8,10H,9H2. The summed E-state index contributed by atoms with van der Waals surface area (Å²) in [5, 5.41) is 4.25. The van der Waals surface area contributed by atoms with Gasteiger partial charge in [-0.2, -0.15) is 4.98 Å².